The highest BCUT2D eigenvalue weighted by molar-refractivity contribution is 9.10. The number of ketones is 1. The van der Waals surface area contributed by atoms with Crippen molar-refractivity contribution in [3.05, 3.63) is 56.1 Å². The summed E-state index contributed by atoms with van der Waals surface area (Å²) < 4.78 is 1.00. The molecule has 98 valence electrons. The van der Waals surface area contributed by atoms with Crippen molar-refractivity contribution in [1.82, 2.24) is 4.98 Å². The Kier molecular flexibility index (Phi) is 3.92. The fourth-order valence-corrected chi connectivity index (χ4v) is 2.25. The van der Waals surface area contributed by atoms with Crippen LogP contribution in [0, 0.1) is 13.8 Å². The van der Waals surface area contributed by atoms with E-state index in [1.165, 1.54) is 6.20 Å². The van der Waals surface area contributed by atoms with Gasteiger partial charge < -0.3 is 5.73 Å². The molecule has 19 heavy (non-hydrogen) atoms. The minimum absolute atomic E-state index is 0.175. The third-order valence-corrected chi connectivity index (χ3v) is 4.29. The highest BCUT2D eigenvalue weighted by Crippen LogP contribution is 2.25. The van der Waals surface area contributed by atoms with Gasteiger partial charge in [-0.2, -0.15) is 0 Å². The predicted octanol–water partition coefficient (Wildman–Crippen LogP) is 3.93. The van der Waals surface area contributed by atoms with Crippen molar-refractivity contribution in [2.75, 3.05) is 5.73 Å². The molecule has 0 unspecified atom stereocenters. The van der Waals surface area contributed by atoms with Crippen LogP contribution in [-0.4, -0.2) is 10.8 Å². The summed E-state index contributed by atoms with van der Waals surface area (Å²) in [5, 5.41) is 0.392. The summed E-state index contributed by atoms with van der Waals surface area (Å²) in [6, 6.07) is 5.18. The molecule has 1 heterocycles. The standard InChI is InChI=1S/C14H12BrClN2O/c1-7-3-9(4-8(2)12(7)15)13(19)11-5-10(16)6-18-14(11)17/h3-6H,1-2H3,(H2,17,18). The van der Waals surface area contributed by atoms with Crippen molar-refractivity contribution in [3.8, 4) is 0 Å². The van der Waals surface area contributed by atoms with Crippen LogP contribution < -0.4 is 5.73 Å². The average molecular weight is 340 g/mol. The van der Waals surface area contributed by atoms with E-state index in [9.17, 15) is 4.79 Å². The number of nitrogens with two attached hydrogens (primary N) is 1. The molecule has 2 N–H and O–H groups in total. The molecule has 0 atom stereocenters. The molecule has 0 aliphatic rings. The van der Waals surface area contributed by atoms with Crippen LogP contribution in [0.4, 0.5) is 5.82 Å². The fourth-order valence-electron chi connectivity index (χ4n) is 1.86. The number of anilines is 1. The normalized spacial score (nSPS) is 10.5. The number of nitrogens with zero attached hydrogens (tertiary/aromatic N) is 1. The quantitative estimate of drug-likeness (QED) is 0.844. The lowest BCUT2D eigenvalue weighted by Crippen LogP contribution is -2.07. The Morgan fingerprint density at radius 3 is 2.42 bits per heavy atom. The van der Waals surface area contributed by atoms with E-state index in [4.69, 9.17) is 17.3 Å². The monoisotopic (exact) mass is 338 g/mol. The van der Waals surface area contributed by atoms with E-state index in [1.54, 1.807) is 6.07 Å². The van der Waals surface area contributed by atoms with E-state index in [-0.39, 0.29) is 11.6 Å². The van der Waals surface area contributed by atoms with Crippen molar-refractivity contribution in [3.63, 3.8) is 0 Å². The van der Waals surface area contributed by atoms with Crippen LogP contribution in [0.25, 0.3) is 0 Å². The van der Waals surface area contributed by atoms with Crippen LogP contribution in [0.5, 0.6) is 0 Å². The van der Waals surface area contributed by atoms with E-state index in [1.807, 2.05) is 26.0 Å². The number of nitrogen functional groups attached to an aromatic ring is 1. The number of hydrogen-bond acceptors (Lipinski definition) is 3. The zero-order valence-corrected chi connectivity index (χ0v) is 12.8. The van der Waals surface area contributed by atoms with Gasteiger partial charge in [-0.1, -0.05) is 27.5 Å². The molecule has 0 aliphatic heterocycles. The molecule has 0 radical (unpaired) electrons. The van der Waals surface area contributed by atoms with Crippen LogP contribution >= 0.6 is 27.5 Å². The van der Waals surface area contributed by atoms with Gasteiger partial charge in [0.15, 0.2) is 5.78 Å². The molecule has 1 aromatic heterocycles. The van der Waals surface area contributed by atoms with Crippen molar-refractivity contribution >= 4 is 39.1 Å². The van der Waals surface area contributed by atoms with Crippen LogP contribution in [0.15, 0.2) is 28.9 Å². The maximum absolute atomic E-state index is 12.4. The summed E-state index contributed by atoms with van der Waals surface area (Å²) in [5.41, 5.74) is 8.63. The summed E-state index contributed by atoms with van der Waals surface area (Å²) in [6.07, 6.45) is 1.42. The Morgan fingerprint density at radius 2 is 1.84 bits per heavy atom. The maximum Gasteiger partial charge on any atom is 0.196 e. The first-order valence-electron chi connectivity index (χ1n) is 5.62. The Bertz CT molecular complexity index is 647. The van der Waals surface area contributed by atoms with Gasteiger partial charge >= 0.3 is 0 Å². The van der Waals surface area contributed by atoms with Gasteiger partial charge in [0.25, 0.3) is 0 Å². The predicted molar refractivity (Wildman–Crippen MR) is 80.7 cm³/mol. The summed E-state index contributed by atoms with van der Waals surface area (Å²) in [4.78, 5) is 16.3. The van der Waals surface area contributed by atoms with Crippen LogP contribution in [0.1, 0.15) is 27.0 Å². The van der Waals surface area contributed by atoms with Gasteiger partial charge in [-0.3, -0.25) is 4.79 Å². The van der Waals surface area contributed by atoms with E-state index >= 15 is 0 Å². The van der Waals surface area contributed by atoms with E-state index < -0.39 is 0 Å². The first-order valence-corrected chi connectivity index (χ1v) is 6.79. The molecule has 0 spiro atoms. The molecule has 1 aromatic carbocycles. The second kappa shape index (κ2) is 5.31. The second-order valence-electron chi connectivity index (χ2n) is 4.34. The lowest BCUT2D eigenvalue weighted by molar-refractivity contribution is 0.103. The molecule has 2 rings (SSSR count). The van der Waals surface area contributed by atoms with Gasteiger partial charge in [-0.25, -0.2) is 4.98 Å². The zero-order chi connectivity index (χ0) is 14.2. The summed E-state index contributed by atoms with van der Waals surface area (Å²) in [7, 11) is 0. The Labute approximate surface area is 124 Å². The van der Waals surface area contributed by atoms with Crippen molar-refractivity contribution in [2.45, 2.75) is 13.8 Å². The number of pyridine rings is 1. The van der Waals surface area contributed by atoms with Crippen molar-refractivity contribution < 1.29 is 4.79 Å². The summed E-state index contributed by atoms with van der Waals surface area (Å²) >= 11 is 9.33. The topological polar surface area (TPSA) is 56.0 Å². The first-order chi connectivity index (χ1) is 8.90. The van der Waals surface area contributed by atoms with E-state index in [0.29, 0.717) is 16.1 Å². The largest absolute Gasteiger partial charge is 0.383 e. The van der Waals surface area contributed by atoms with Crippen molar-refractivity contribution in [1.29, 1.82) is 0 Å². The molecule has 0 saturated heterocycles. The van der Waals surface area contributed by atoms with Gasteiger partial charge in [-0.15, -0.1) is 0 Å². The number of hydrogen-bond donors (Lipinski definition) is 1. The number of rotatable bonds is 2. The molecule has 0 saturated carbocycles. The second-order valence-corrected chi connectivity index (χ2v) is 5.57. The molecule has 3 nitrogen and oxygen atoms in total. The van der Waals surface area contributed by atoms with Gasteiger partial charge in [0, 0.05) is 16.2 Å². The SMILES string of the molecule is Cc1cc(C(=O)c2cc(Cl)cnc2N)cc(C)c1Br. The lowest BCUT2D eigenvalue weighted by atomic mass is 10.00. The zero-order valence-electron chi connectivity index (χ0n) is 10.5. The molecule has 5 heteroatoms. The van der Waals surface area contributed by atoms with Crippen molar-refractivity contribution in [2.24, 2.45) is 0 Å². The van der Waals surface area contributed by atoms with Gasteiger partial charge in [-0.05, 0) is 43.2 Å². The molecule has 0 fully saturated rings. The minimum atomic E-state index is -0.175. The number of carbonyl (C=O) groups is 1. The smallest absolute Gasteiger partial charge is 0.196 e. The fraction of sp³-hybridized carbons (Fsp3) is 0.143. The minimum Gasteiger partial charge on any atom is -0.383 e. The Morgan fingerprint density at radius 1 is 1.26 bits per heavy atom. The third-order valence-electron chi connectivity index (χ3n) is 2.83. The number of aromatic nitrogens is 1. The summed E-state index contributed by atoms with van der Waals surface area (Å²) in [6.45, 7) is 3.88. The maximum atomic E-state index is 12.4. The van der Waals surface area contributed by atoms with Crippen LogP contribution in [0.2, 0.25) is 5.02 Å². The molecular weight excluding hydrogens is 328 g/mol. The van der Waals surface area contributed by atoms with Crippen LogP contribution in [0.3, 0.4) is 0 Å². The number of carbonyl (C=O) groups excluding carboxylic acids is 1. The molecule has 2 aromatic rings. The van der Waals surface area contributed by atoms with Gasteiger partial charge in [0.2, 0.25) is 0 Å². The third kappa shape index (κ3) is 2.80. The summed E-state index contributed by atoms with van der Waals surface area (Å²) in [5.74, 6) is 0.0128. The molecular formula is C14H12BrClN2O. The number of halogens is 2. The van der Waals surface area contributed by atoms with Gasteiger partial charge in [0.1, 0.15) is 5.82 Å². The molecule has 0 amide bonds. The Balaban J connectivity index is 2.53. The lowest BCUT2D eigenvalue weighted by Gasteiger charge is -2.09. The van der Waals surface area contributed by atoms with Crippen LogP contribution in [-0.2, 0) is 0 Å². The Hall–Kier alpha value is -1.39. The first kappa shape index (κ1) is 14.0. The molecule has 0 aliphatic carbocycles. The highest BCUT2D eigenvalue weighted by Gasteiger charge is 2.15. The number of benzene rings is 1. The van der Waals surface area contributed by atoms with E-state index in [0.717, 1.165) is 15.6 Å². The molecule has 0 bridgehead atoms. The van der Waals surface area contributed by atoms with Gasteiger partial charge in [0.05, 0.1) is 10.6 Å². The van der Waals surface area contributed by atoms with E-state index in [2.05, 4.69) is 20.9 Å². The number of aryl methyl sites for hydroxylation is 2. The average Bonchev–Trinajstić information content (AvgIpc) is 2.37. The highest BCUT2D eigenvalue weighted by atomic mass is 79.9.